The number of hydrogen-bond donors (Lipinski definition) is 0. The summed E-state index contributed by atoms with van der Waals surface area (Å²) in [5, 5.41) is 10.6. The lowest BCUT2D eigenvalue weighted by atomic mass is 9.98. The molecule has 0 amide bonds. The second kappa shape index (κ2) is 8.66. The van der Waals surface area contributed by atoms with Crippen molar-refractivity contribution in [2.24, 2.45) is 5.92 Å². The molecule has 0 radical (unpaired) electrons. The van der Waals surface area contributed by atoms with E-state index in [0.29, 0.717) is 18.4 Å². The molecule has 0 N–H and O–H groups in total. The first kappa shape index (κ1) is 20.9. The van der Waals surface area contributed by atoms with Crippen molar-refractivity contribution in [3.05, 3.63) is 70.0 Å². The molecule has 0 unspecified atom stereocenters. The number of hydrogen-bond acceptors (Lipinski definition) is 6. The number of halogens is 1. The van der Waals surface area contributed by atoms with Gasteiger partial charge in [-0.25, -0.2) is 12.8 Å². The highest BCUT2D eigenvalue weighted by Gasteiger charge is 2.32. The maximum Gasteiger partial charge on any atom is 0.309 e. The number of non-ortho nitro benzene ring substituents is 1. The molecule has 1 aliphatic rings. The zero-order valence-electron chi connectivity index (χ0n) is 15.4. The van der Waals surface area contributed by atoms with Crippen molar-refractivity contribution in [1.29, 1.82) is 0 Å². The molecule has 10 heteroatoms. The molecule has 1 aliphatic heterocycles. The summed E-state index contributed by atoms with van der Waals surface area (Å²) in [7, 11) is -3.73. The molecule has 0 bridgehead atoms. The van der Waals surface area contributed by atoms with Crippen LogP contribution < -0.4 is 0 Å². The molecule has 0 aliphatic carbocycles. The van der Waals surface area contributed by atoms with E-state index in [-0.39, 0.29) is 30.3 Å². The molecule has 2 aromatic carbocycles. The van der Waals surface area contributed by atoms with Crippen LogP contribution in [-0.4, -0.2) is 36.7 Å². The molecule has 29 heavy (non-hydrogen) atoms. The van der Waals surface area contributed by atoms with Crippen molar-refractivity contribution in [3.63, 3.8) is 0 Å². The summed E-state index contributed by atoms with van der Waals surface area (Å²) >= 11 is 0. The molecule has 0 saturated carbocycles. The number of rotatable bonds is 6. The van der Waals surface area contributed by atoms with Crippen molar-refractivity contribution < 1.29 is 27.3 Å². The minimum atomic E-state index is -3.73. The van der Waals surface area contributed by atoms with Gasteiger partial charge in [-0.15, -0.1) is 0 Å². The third-order valence-corrected chi connectivity index (χ3v) is 6.68. The third kappa shape index (κ3) is 4.96. The standard InChI is InChI=1S/C19H19FN2O6S/c20-16-3-7-18(8-4-16)29(26,27)21-11-9-15(10-12-21)19(23)28-13-14-1-5-17(6-2-14)22(24)25/h1-8,15H,9-13H2. The van der Waals surface area contributed by atoms with Crippen LogP contribution in [0.25, 0.3) is 0 Å². The van der Waals surface area contributed by atoms with Gasteiger partial charge in [-0.05, 0) is 54.8 Å². The van der Waals surface area contributed by atoms with Gasteiger partial charge >= 0.3 is 5.97 Å². The van der Waals surface area contributed by atoms with E-state index in [9.17, 15) is 27.7 Å². The summed E-state index contributed by atoms with van der Waals surface area (Å²) in [4.78, 5) is 22.4. The summed E-state index contributed by atoms with van der Waals surface area (Å²) in [6, 6.07) is 10.3. The van der Waals surface area contributed by atoms with Crippen LogP contribution in [-0.2, 0) is 26.2 Å². The summed E-state index contributed by atoms with van der Waals surface area (Å²) in [5.74, 6) is -1.37. The van der Waals surface area contributed by atoms with Gasteiger partial charge in [0.15, 0.2) is 0 Å². The van der Waals surface area contributed by atoms with Gasteiger partial charge in [0.1, 0.15) is 12.4 Å². The minimum Gasteiger partial charge on any atom is -0.461 e. The highest BCUT2D eigenvalue weighted by Crippen LogP contribution is 2.25. The van der Waals surface area contributed by atoms with E-state index in [4.69, 9.17) is 4.74 Å². The predicted molar refractivity (Wildman–Crippen MR) is 101 cm³/mol. The Labute approximate surface area is 167 Å². The largest absolute Gasteiger partial charge is 0.461 e. The Balaban J connectivity index is 1.52. The molecular weight excluding hydrogens is 403 g/mol. The lowest BCUT2D eigenvalue weighted by Crippen LogP contribution is -2.40. The van der Waals surface area contributed by atoms with Crippen LogP contribution in [0, 0.1) is 21.8 Å². The molecule has 154 valence electrons. The number of piperidine rings is 1. The molecule has 0 spiro atoms. The van der Waals surface area contributed by atoms with E-state index in [0.717, 1.165) is 12.1 Å². The van der Waals surface area contributed by atoms with Gasteiger partial charge in [0.2, 0.25) is 10.0 Å². The van der Waals surface area contributed by atoms with E-state index in [1.165, 1.54) is 40.7 Å². The lowest BCUT2D eigenvalue weighted by Gasteiger charge is -2.30. The Bertz CT molecular complexity index is 984. The SMILES string of the molecule is O=C(OCc1ccc([N+](=O)[O-])cc1)C1CCN(S(=O)(=O)c2ccc(F)cc2)CC1. The van der Waals surface area contributed by atoms with Crippen LogP contribution in [0.2, 0.25) is 0 Å². The lowest BCUT2D eigenvalue weighted by molar-refractivity contribution is -0.384. The number of carbonyl (C=O) groups is 1. The predicted octanol–water partition coefficient (Wildman–Crippen LogP) is 2.88. The van der Waals surface area contributed by atoms with E-state index < -0.39 is 32.7 Å². The van der Waals surface area contributed by atoms with E-state index in [1.807, 2.05) is 0 Å². The average Bonchev–Trinajstić information content (AvgIpc) is 2.72. The number of ether oxygens (including phenoxy) is 1. The Morgan fingerprint density at radius 2 is 1.69 bits per heavy atom. The number of carbonyl (C=O) groups excluding carboxylic acids is 1. The van der Waals surface area contributed by atoms with Crippen molar-refractivity contribution >= 4 is 21.7 Å². The fourth-order valence-electron chi connectivity index (χ4n) is 3.07. The van der Waals surface area contributed by atoms with E-state index >= 15 is 0 Å². The number of benzene rings is 2. The first-order chi connectivity index (χ1) is 13.8. The Morgan fingerprint density at radius 1 is 1.10 bits per heavy atom. The van der Waals surface area contributed by atoms with Crippen LogP contribution in [0.4, 0.5) is 10.1 Å². The smallest absolute Gasteiger partial charge is 0.309 e. The van der Waals surface area contributed by atoms with Crippen LogP contribution in [0.3, 0.4) is 0 Å². The van der Waals surface area contributed by atoms with Gasteiger partial charge < -0.3 is 4.74 Å². The van der Waals surface area contributed by atoms with Gasteiger partial charge in [0.05, 0.1) is 15.7 Å². The summed E-state index contributed by atoms with van der Waals surface area (Å²) < 4.78 is 44.8. The Hall–Kier alpha value is -2.85. The molecule has 3 rings (SSSR count). The Morgan fingerprint density at radius 3 is 2.24 bits per heavy atom. The van der Waals surface area contributed by atoms with Crippen LogP contribution in [0.15, 0.2) is 53.4 Å². The zero-order valence-corrected chi connectivity index (χ0v) is 16.2. The third-order valence-electron chi connectivity index (χ3n) is 4.77. The fraction of sp³-hybridized carbons (Fsp3) is 0.316. The molecule has 1 heterocycles. The summed E-state index contributed by atoms with van der Waals surface area (Å²) in [6.07, 6.45) is 0.638. The average molecular weight is 422 g/mol. The van der Waals surface area contributed by atoms with Crippen LogP contribution in [0.1, 0.15) is 18.4 Å². The summed E-state index contributed by atoms with van der Waals surface area (Å²) in [5.41, 5.74) is 0.579. The molecule has 8 nitrogen and oxygen atoms in total. The van der Waals surface area contributed by atoms with Crippen molar-refractivity contribution in [3.8, 4) is 0 Å². The summed E-state index contributed by atoms with van der Waals surface area (Å²) in [6.45, 7) is 0.318. The van der Waals surface area contributed by atoms with Gasteiger partial charge in [-0.3, -0.25) is 14.9 Å². The van der Waals surface area contributed by atoms with Gasteiger partial charge in [-0.1, -0.05) is 0 Å². The van der Waals surface area contributed by atoms with Crippen LogP contribution in [0.5, 0.6) is 0 Å². The number of esters is 1. The second-order valence-corrected chi connectivity index (χ2v) is 8.60. The zero-order chi connectivity index (χ0) is 21.0. The monoisotopic (exact) mass is 422 g/mol. The minimum absolute atomic E-state index is 0.00901. The van der Waals surface area contributed by atoms with Gasteiger partial charge in [0, 0.05) is 25.2 Å². The number of sulfonamides is 1. The number of nitrogens with zero attached hydrogens (tertiary/aromatic N) is 2. The highest BCUT2D eigenvalue weighted by atomic mass is 32.2. The normalized spacial score (nSPS) is 15.8. The topological polar surface area (TPSA) is 107 Å². The number of nitro benzene ring substituents is 1. The van der Waals surface area contributed by atoms with Crippen LogP contribution >= 0.6 is 0 Å². The maximum atomic E-state index is 13.0. The Kier molecular flexibility index (Phi) is 6.23. The second-order valence-electron chi connectivity index (χ2n) is 6.66. The van der Waals surface area contributed by atoms with Crippen molar-refractivity contribution in [2.75, 3.05) is 13.1 Å². The van der Waals surface area contributed by atoms with E-state index in [1.54, 1.807) is 0 Å². The molecule has 2 aromatic rings. The van der Waals surface area contributed by atoms with Crippen molar-refractivity contribution in [1.82, 2.24) is 4.31 Å². The van der Waals surface area contributed by atoms with Gasteiger partial charge in [0.25, 0.3) is 5.69 Å². The fourth-order valence-corrected chi connectivity index (χ4v) is 4.54. The first-order valence-corrected chi connectivity index (χ1v) is 10.4. The molecule has 1 saturated heterocycles. The highest BCUT2D eigenvalue weighted by molar-refractivity contribution is 7.89. The maximum absolute atomic E-state index is 13.0. The molecule has 1 fully saturated rings. The quantitative estimate of drug-likeness (QED) is 0.403. The van der Waals surface area contributed by atoms with Crippen molar-refractivity contribution in [2.45, 2.75) is 24.3 Å². The molecule has 0 atom stereocenters. The van der Waals surface area contributed by atoms with Gasteiger partial charge in [-0.2, -0.15) is 4.31 Å². The first-order valence-electron chi connectivity index (χ1n) is 8.93. The number of nitro groups is 1. The molecule has 0 aromatic heterocycles. The van der Waals surface area contributed by atoms with E-state index in [2.05, 4.69) is 0 Å². The molecular formula is C19H19FN2O6S.